The van der Waals surface area contributed by atoms with E-state index in [-0.39, 0.29) is 6.04 Å². The summed E-state index contributed by atoms with van der Waals surface area (Å²) in [6, 6.07) is 0.150. The summed E-state index contributed by atoms with van der Waals surface area (Å²) >= 11 is 0. The third-order valence-corrected chi connectivity index (χ3v) is 6.24. The maximum Gasteiger partial charge on any atom is 0.126 e. The molecule has 1 unspecified atom stereocenters. The van der Waals surface area contributed by atoms with Crippen molar-refractivity contribution in [2.75, 3.05) is 0 Å². The van der Waals surface area contributed by atoms with Gasteiger partial charge in [0.15, 0.2) is 0 Å². The third-order valence-electron chi connectivity index (χ3n) is 6.24. The molecule has 0 aliphatic heterocycles. The fourth-order valence-corrected chi connectivity index (χ4v) is 5.86. The number of nitrogens with zero attached hydrogens (tertiary/aromatic N) is 2. The van der Waals surface area contributed by atoms with Gasteiger partial charge in [-0.1, -0.05) is 6.92 Å². The molecule has 4 aliphatic rings. The predicted octanol–water partition coefficient (Wildman–Crippen LogP) is 3.51. The van der Waals surface area contributed by atoms with Crippen molar-refractivity contribution in [1.82, 2.24) is 9.55 Å². The first-order valence-corrected chi connectivity index (χ1v) is 8.47. The van der Waals surface area contributed by atoms with Crippen molar-refractivity contribution in [3.63, 3.8) is 0 Å². The Labute approximate surface area is 122 Å². The summed E-state index contributed by atoms with van der Waals surface area (Å²) in [5.41, 5.74) is 7.15. The van der Waals surface area contributed by atoms with E-state index in [0.717, 1.165) is 36.5 Å². The van der Waals surface area contributed by atoms with Crippen molar-refractivity contribution in [3.05, 3.63) is 18.2 Å². The lowest BCUT2D eigenvalue weighted by atomic mass is 9.47. The van der Waals surface area contributed by atoms with Crippen molar-refractivity contribution in [2.45, 2.75) is 64.5 Å². The lowest BCUT2D eigenvalue weighted by Gasteiger charge is -2.58. The summed E-state index contributed by atoms with van der Waals surface area (Å²) in [6.07, 6.45) is 13.7. The second kappa shape index (κ2) is 4.59. The first-order chi connectivity index (χ1) is 9.70. The SMILES string of the molecule is CCCn1ccnc1C(N)C12CC3CC(CC(C3)C1)C2. The van der Waals surface area contributed by atoms with Crippen LogP contribution in [0.4, 0.5) is 0 Å². The zero-order valence-electron chi connectivity index (χ0n) is 12.6. The standard InChI is InChI=1S/C17H27N3/c1-2-4-20-5-3-19-16(20)15(18)17-9-12-6-13(10-17)8-14(7-12)11-17/h3,5,12-15H,2,4,6-11,18H2,1H3. The molecule has 3 heteroatoms. The van der Waals surface area contributed by atoms with Crippen LogP contribution in [0.25, 0.3) is 0 Å². The summed E-state index contributed by atoms with van der Waals surface area (Å²) in [4.78, 5) is 4.63. The molecule has 110 valence electrons. The molecule has 1 atom stereocenters. The molecule has 0 radical (unpaired) electrons. The van der Waals surface area contributed by atoms with Gasteiger partial charge in [-0.15, -0.1) is 0 Å². The van der Waals surface area contributed by atoms with Crippen molar-refractivity contribution in [3.8, 4) is 0 Å². The minimum Gasteiger partial charge on any atom is -0.334 e. The Morgan fingerprint density at radius 1 is 1.25 bits per heavy atom. The van der Waals surface area contributed by atoms with E-state index >= 15 is 0 Å². The van der Waals surface area contributed by atoms with E-state index in [1.165, 1.54) is 38.5 Å². The fourth-order valence-electron chi connectivity index (χ4n) is 5.86. The number of imidazole rings is 1. The highest BCUT2D eigenvalue weighted by Crippen LogP contribution is 2.63. The van der Waals surface area contributed by atoms with Crippen LogP contribution in [0.3, 0.4) is 0 Å². The molecule has 5 rings (SSSR count). The summed E-state index contributed by atoms with van der Waals surface area (Å²) < 4.78 is 2.29. The first kappa shape index (κ1) is 12.9. The molecule has 0 saturated heterocycles. The monoisotopic (exact) mass is 273 g/mol. The topological polar surface area (TPSA) is 43.8 Å². The van der Waals surface area contributed by atoms with Crippen LogP contribution in [0.2, 0.25) is 0 Å². The minimum atomic E-state index is 0.150. The molecular weight excluding hydrogens is 246 g/mol. The van der Waals surface area contributed by atoms with Crippen LogP contribution >= 0.6 is 0 Å². The van der Waals surface area contributed by atoms with Gasteiger partial charge in [0.2, 0.25) is 0 Å². The highest BCUT2D eigenvalue weighted by molar-refractivity contribution is 5.12. The second-order valence-corrected chi connectivity index (χ2v) is 7.74. The molecule has 1 heterocycles. The number of nitrogens with two attached hydrogens (primary N) is 1. The molecule has 0 aromatic carbocycles. The smallest absolute Gasteiger partial charge is 0.126 e. The van der Waals surface area contributed by atoms with Crippen LogP contribution in [0, 0.1) is 23.2 Å². The molecule has 1 aromatic rings. The molecule has 4 aliphatic carbocycles. The van der Waals surface area contributed by atoms with Gasteiger partial charge in [0.05, 0.1) is 6.04 Å². The molecule has 0 amide bonds. The molecule has 4 fully saturated rings. The molecular formula is C17H27N3. The highest BCUT2D eigenvalue weighted by atomic mass is 15.1. The van der Waals surface area contributed by atoms with Gasteiger partial charge in [-0.25, -0.2) is 4.98 Å². The van der Waals surface area contributed by atoms with Gasteiger partial charge >= 0.3 is 0 Å². The zero-order chi connectivity index (χ0) is 13.7. The Bertz CT molecular complexity index is 455. The number of aryl methyl sites for hydroxylation is 1. The molecule has 3 nitrogen and oxygen atoms in total. The average Bonchev–Trinajstić information content (AvgIpc) is 2.85. The summed E-state index contributed by atoms with van der Waals surface area (Å²) in [5.74, 6) is 4.03. The van der Waals surface area contributed by atoms with Crippen molar-refractivity contribution < 1.29 is 0 Å². The molecule has 4 bridgehead atoms. The molecule has 2 N–H and O–H groups in total. The van der Waals surface area contributed by atoms with Gasteiger partial charge < -0.3 is 10.3 Å². The Kier molecular flexibility index (Phi) is 2.95. The van der Waals surface area contributed by atoms with Crippen LogP contribution in [0.15, 0.2) is 12.4 Å². The van der Waals surface area contributed by atoms with E-state index in [1.807, 2.05) is 6.20 Å². The normalized spacial score (nSPS) is 40.2. The zero-order valence-corrected chi connectivity index (χ0v) is 12.6. The quantitative estimate of drug-likeness (QED) is 0.912. The van der Waals surface area contributed by atoms with Crippen LogP contribution < -0.4 is 5.73 Å². The minimum absolute atomic E-state index is 0.150. The van der Waals surface area contributed by atoms with Crippen LogP contribution in [0.5, 0.6) is 0 Å². The van der Waals surface area contributed by atoms with Crippen LogP contribution in [-0.2, 0) is 6.54 Å². The Hall–Kier alpha value is -0.830. The van der Waals surface area contributed by atoms with Crippen LogP contribution in [-0.4, -0.2) is 9.55 Å². The van der Waals surface area contributed by atoms with Crippen molar-refractivity contribution in [2.24, 2.45) is 28.9 Å². The first-order valence-electron chi connectivity index (χ1n) is 8.47. The number of rotatable bonds is 4. The van der Waals surface area contributed by atoms with Crippen molar-refractivity contribution >= 4 is 0 Å². The largest absolute Gasteiger partial charge is 0.334 e. The van der Waals surface area contributed by atoms with Crippen molar-refractivity contribution in [1.29, 1.82) is 0 Å². The number of aromatic nitrogens is 2. The van der Waals surface area contributed by atoms with E-state index in [0.29, 0.717) is 5.41 Å². The highest BCUT2D eigenvalue weighted by Gasteiger charge is 2.54. The Balaban J connectivity index is 1.64. The van der Waals surface area contributed by atoms with Crippen LogP contribution in [0.1, 0.15) is 63.7 Å². The van der Waals surface area contributed by atoms with Gasteiger partial charge in [-0.2, -0.15) is 0 Å². The molecule has 1 aromatic heterocycles. The van der Waals surface area contributed by atoms with Gasteiger partial charge in [0.1, 0.15) is 5.82 Å². The van der Waals surface area contributed by atoms with E-state index in [9.17, 15) is 0 Å². The Morgan fingerprint density at radius 2 is 1.85 bits per heavy atom. The predicted molar refractivity (Wildman–Crippen MR) is 80.1 cm³/mol. The third kappa shape index (κ3) is 1.86. The Morgan fingerprint density at radius 3 is 2.40 bits per heavy atom. The summed E-state index contributed by atoms with van der Waals surface area (Å²) in [7, 11) is 0. The van der Waals surface area contributed by atoms with E-state index < -0.39 is 0 Å². The number of hydrogen-bond acceptors (Lipinski definition) is 2. The molecule has 20 heavy (non-hydrogen) atoms. The number of hydrogen-bond donors (Lipinski definition) is 1. The van der Waals surface area contributed by atoms with Gasteiger partial charge in [-0.05, 0) is 68.1 Å². The molecule has 0 spiro atoms. The van der Waals surface area contributed by atoms with E-state index in [2.05, 4.69) is 22.7 Å². The second-order valence-electron chi connectivity index (χ2n) is 7.74. The van der Waals surface area contributed by atoms with E-state index in [4.69, 9.17) is 5.73 Å². The lowest BCUT2D eigenvalue weighted by Crippen LogP contribution is -2.51. The maximum atomic E-state index is 6.79. The molecule has 4 saturated carbocycles. The fraction of sp³-hybridized carbons (Fsp3) is 0.824. The summed E-state index contributed by atoms with van der Waals surface area (Å²) in [6.45, 7) is 3.27. The average molecular weight is 273 g/mol. The summed E-state index contributed by atoms with van der Waals surface area (Å²) in [5, 5.41) is 0. The van der Waals surface area contributed by atoms with E-state index in [1.54, 1.807) is 0 Å². The van der Waals surface area contributed by atoms with Gasteiger partial charge in [-0.3, -0.25) is 0 Å². The maximum absolute atomic E-state index is 6.79. The lowest BCUT2D eigenvalue weighted by molar-refractivity contribution is -0.0696. The van der Waals surface area contributed by atoms with Gasteiger partial charge in [0, 0.05) is 18.9 Å². The van der Waals surface area contributed by atoms with Gasteiger partial charge in [0.25, 0.3) is 0 Å².